The van der Waals surface area contributed by atoms with Crippen molar-refractivity contribution >= 4 is 22.7 Å². The summed E-state index contributed by atoms with van der Waals surface area (Å²) < 4.78 is 12.9. The molecule has 5 heteroatoms. The van der Waals surface area contributed by atoms with Crippen LogP contribution in [-0.2, 0) is 27.3 Å². The van der Waals surface area contributed by atoms with Crippen molar-refractivity contribution in [2.75, 3.05) is 13.7 Å². The summed E-state index contributed by atoms with van der Waals surface area (Å²) in [6, 6.07) is 16.2. The molecule has 3 aromatic rings. The molecule has 0 atom stereocenters. The van der Waals surface area contributed by atoms with Crippen molar-refractivity contribution in [1.82, 2.24) is 4.57 Å². The Morgan fingerprint density at radius 1 is 1.00 bits per heavy atom. The monoisotopic (exact) mass is 435 g/mol. The van der Waals surface area contributed by atoms with E-state index in [2.05, 4.69) is 23.6 Å². The van der Waals surface area contributed by atoms with Crippen LogP contribution in [0.5, 0.6) is 5.75 Å². The molecule has 1 aromatic heterocycles. The lowest BCUT2D eigenvalue weighted by Crippen LogP contribution is -2.14. The lowest BCUT2D eigenvalue weighted by Gasteiger charge is -2.09. The average Bonchev–Trinajstić information content (AvgIpc) is 3.04. The van der Waals surface area contributed by atoms with E-state index in [-0.39, 0.29) is 18.6 Å². The first-order chi connectivity index (χ1) is 15.5. The Hall–Kier alpha value is -3.08. The van der Waals surface area contributed by atoms with Crippen LogP contribution in [0.15, 0.2) is 48.5 Å². The van der Waals surface area contributed by atoms with E-state index in [1.807, 2.05) is 43.3 Å². The van der Waals surface area contributed by atoms with E-state index in [1.165, 1.54) is 5.56 Å². The molecule has 32 heavy (non-hydrogen) atoms. The third-order valence-corrected chi connectivity index (χ3v) is 5.82. The summed E-state index contributed by atoms with van der Waals surface area (Å²) >= 11 is 0. The number of fused-ring (bicyclic) bond motifs is 1. The first-order valence-corrected chi connectivity index (χ1v) is 11.4. The molecule has 5 nitrogen and oxygen atoms in total. The summed E-state index contributed by atoms with van der Waals surface area (Å²) in [6.45, 7) is 5.27. The number of hydrogen-bond donors (Lipinski definition) is 0. The molecule has 0 aliphatic rings. The van der Waals surface area contributed by atoms with Gasteiger partial charge in [0.2, 0.25) is 0 Å². The quantitative estimate of drug-likeness (QED) is 0.210. The van der Waals surface area contributed by atoms with Crippen LogP contribution in [0.4, 0.5) is 0 Å². The number of carbonyl (C=O) groups excluding carboxylic acids is 2. The number of esters is 1. The van der Waals surface area contributed by atoms with Gasteiger partial charge in [0.15, 0.2) is 0 Å². The topological polar surface area (TPSA) is 57.5 Å². The molecule has 0 bridgehead atoms. The highest BCUT2D eigenvalue weighted by atomic mass is 16.5. The van der Waals surface area contributed by atoms with Crippen molar-refractivity contribution < 1.29 is 19.1 Å². The van der Waals surface area contributed by atoms with Gasteiger partial charge in [0, 0.05) is 29.6 Å². The summed E-state index contributed by atoms with van der Waals surface area (Å²) in [5.41, 5.74) is 4.20. The van der Waals surface area contributed by atoms with Crippen LogP contribution in [-0.4, -0.2) is 30.0 Å². The highest BCUT2D eigenvalue weighted by Gasteiger charge is 2.19. The Kier molecular flexibility index (Phi) is 8.48. The zero-order chi connectivity index (χ0) is 22.9. The zero-order valence-electron chi connectivity index (χ0n) is 19.4. The van der Waals surface area contributed by atoms with Crippen molar-refractivity contribution in [1.29, 1.82) is 0 Å². The summed E-state index contributed by atoms with van der Waals surface area (Å²) in [4.78, 5) is 24.8. The van der Waals surface area contributed by atoms with Crippen LogP contribution < -0.4 is 4.74 Å². The molecule has 0 fully saturated rings. The fraction of sp³-hybridized carbons (Fsp3) is 0.407. The normalized spacial score (nSPS) is 11.0. The molecule has 1 heterocycles. The molecule has 0 amide bonds. The largest absolute Gasteiger partial charge is 0.497 e. The molecule has 0 saturated carbocycles. The molecule has 0 aliphatic carbocycles. The predicted molar refractivity (Wildman–Crippen MR) is 127 cm³/mol. The molecular weight excluding hydrogens is 402 g/mol. The smallest absolute Gasteiger partial charge is 0.313 e. The molecule has 3 rings (SSSR count). The number of ketones is 1. The minimum atomic E-state index is -0.435. The lowest BCUT2D eigenvalue weighted by molar-refractivity contribution is -0.146. The summed E-state index contributed by atoms with van der Waals surface area (Å²) in [7, 11) is 1.64. The first-order valence-electron chi connectivity index (χ1n) is 11.4. The first kappa shape index (κ1) is 23.6. The van der Waals surface area contributed by atoms with Gasteiger partial charge in [-0.2, -0.15) is 0 Å². The Bertz CT molecular complexity index is 1050. The molecule has 0 radical (unpaired) electrons. The number of nitrogens with zero attached hydrogens (tertiary/aromatic N) is 1. The number of aromatic nitrogens is 1. The van der Waals surface area contributed by atoms with Gasteiger partial charge in [-0.05, 0) is 42.7 Å². The second-order valence-electron chi connectivity index (χ2n) is 8.19. The third-order valence-electron chi connectivity index (χ3n) is 5.82. The van der Waals surface area contributed by atoms with Crippen LogP contribution in [0.1, 0.15) is 55.8 Å². The molecule has 0 unspecified atom stereocenters. The zero-order valence-corrected chi connectivity index (χ0v) is 19.4. The maximum Gasteiger partial charge on any atom is 0.313 e. The maximum absolute atomic E-state index is 12.7. The van der Waals surface area contributed by atoms with Crippen molar-refractivity contribution in [2.24, 2.45) is 0 Å². The van der Waals surface area contributed by atoms with Gasteiger partial charge in [0.1, 0.15) is 18.0 Å². The number of ether oxygens (including phenoxy) is 2. The van der Waals surface area contributed by atoms with Gasteiger partial charge in [-0.25, -0.2) is 0 Å². The highest BCUT2D eigenvalue weighted by Crippen LogP contribution is 2.31. The van der Waals surface area contributed by atoms with Gasteiger partial charge in [0.25, 0.3) is 0 Å². The van der Waals surface area contributed by atoms with Gasteiger partial charge in [-0.3, -0.25) is 9.59 Å². The summed E-state index contributed by atoms with van der Waals surface area (Å²) in [5, 5.41) is 0.985. The Labute approximate surface area is 190 Å². The number of carbonyl (C=O) groups is 2. The number of methoxy groups -OCH3 is 1. The van der Waals surface area contributed by atoms with Gasteiger partial charge in [-0.15, -0.1) is 0 Å². The molecular formula is C27H33NO4. The molecule has 0 N–H and O–H groups in total. The number of unbranched alkanes of at least 4 members (excludes halogenated alkanes) is 3. The average molecular weight is 436 g/mol. The van der Waals surface area contributed by atoms with Gasteiger partial charge >= 0.3 is 5.97 Å². The third kappa shape index (κ3) is 6.00. The molecule has 0 spiro atoms. The maximum atomic E-state index is 12.7. The van der Waals surface area contributed by atoms with E-state index in [1.54, 1.807) is 7.11 Å². The number of rotatable bonds is 12. The minimum absolute atomic E-state index is 0.131. The van der Waals surface area contributed by atoms with E-state index in [0.717, 1.165) is 53.6 Å². The van der Waals surface area contributed by atoms with E-state index in [0.29, 0.717) is 13.2 Å². The van der Waals surface area contributed by atoms with Crippen molar-refractivity contribution in [2.45, 2.75) is 58.9 Å². The van der Waals surface area contributed by atoms with Crippen LogP contribution in [0, 0.1) is 6.92 Å². The second kappa shape index (κ2) is 11.5. The predicted octanol–water partition coefficient (Wildman–Crippen LogP) is 5.63. The van der Waals surface area contributed by atoms with Crippen molar-refractivity contribution in [3.8, 4) is 5.75 Å². The number of Topliss-reactive ketones (excluding diaryl/α,β-unsaturated/α-hetero) is 1. The summed E-state index contributed by atoms with van der Waals surface area (Å²) in [6.07, 6.45) is 4.16. The Morgan fingerprint density at radius 2 is 1.78 bits per heavy atom. The van der Waals surface area contributed by atoms with Crippen LogP contribution in [0.25, 0.3) is 10.9 Å². The Morgan fingerprint density at radius 3 is 2.50 bits per heavy atom. The molecule has 2 aromatic carbocycles. The molecule has 0 aliphatic heterocycles. The van der Waals surface area contributed by atoms with E-state index in [9.17, 15) is 9.59 Å². The second-order valence-corrected chi connectivity index (χ2v) is 8.19. The fourth-order valence-electron chi connectivity index (χ4n) is 4.04. The summed E-state index contributed by atoms with van der Waals surface area (Å²) in [5.74, 6) is 0.178. The van der Waals surface area contributed by atoms with Crippen LogP contribution in [0.2, 0.25) is 0 Å². The fourth-order valence-corrected chi connectivity index (χ4v) is 4.04. The molecule has 170 valence electrons. The van der Waals surface area contributed by atoms with E-state index >= 15 is 0 Å². The minimum Gasteiger partial charge on any atom is -0.497 e. The van der Waals surface area contributed by atoms with Gasteiger partial charge < -0.3 is 14.0 Å². The van der Waals surface area contributed by atoms with Gasteiger partial charge in [0.05, 0.1) is 13.7 Å². The Balaban J connectivity index is 1.77. The van der Waals surface area contributed by atoms with Crippen LogP contribution >= 0.6 is 0 Å². The number of benzene rings is 2. The van der Waals surface area contributed by atoms with Crippen LogP contribution in [0.3, 0.4) is 0 Å². The standard InChI is InChI=1S/C27H33NO4/c1-4-5-6-10-15-32-27(30)17-22(29)16-24-20(2)28(19-21-11-8-7-9-12-21)26-14-13-23(31-3)18-25(24)26/h7-9,11-14,18H,4-6,10,15-17,19H2,1-3H3. The van der Waals surface area contributed by atoms with E-state index in [4.69, 9.17) is 9.47 Å². The highest BCUT2D eigenvalue weighted by molar-refractivity contribution is 5.99. The van der Waals surface area contributed by atoms with Gasteiger partial charge in [-0.1, -0.05) is 56.5 Å². The van der Waals surface area contributed by atoms with Crippen molar-refractivity contribution in [3.63, 3.8) is 0 Å². The number of hydrogen-bond acceptors (Lipinski definition) is 4. The van der Waals surface area contributed by atoms with Crippen molar-refractivity contribution in [3.05, 3.63) is 65.4 Å². The molecule has 0 saturated heterocycles. The van der Waals surface area contributed by atoms with E-state index < -0.39 is 5.97 Å². The lowest BCUT2D eigenvalue weighted by atomic mass is 10.0. The SMILES string of the molecule is CCCCCCOC(=O)CC(=O)Cc1c(C)n(Cc2ccccc2)c2ccc(OC)cc12.